The van der Waals surface area contributed by atoms with Gasteiger partial charge in [-0.05, 0) is 6.92 Å². The number of furan rings is 1. The van der Waals surface area contributed by atoms with Gasteiger partial charge in [0.15, 0.2) is 0 Å². The lowest BCUT2D eigenvalue weighted by molar-refractivity contribution is -0.0846. The number of sulfonamides is 1. The van der Waals surface area contributed by atoms with Crippen molar-refractivity contribution in [3.05, 3.63) is 17.6 Å². The summed E-state index contributed by atoms with van der Waals surface area (Å²) in [6.07, 6.45) is -0.260. The van der Waals surface area contributed by atoms with Gasteiger partial charge in [-0.3, -0.25) is 0 Å². The molecule has 1 aliphatic heterocycles. The lowest BCUT2D eigenvalue weighted by atomic mass is 10.3. The van der Waals surface area contributed by atoms with Crippen LogP contribution in [-0.2, 0) is 26.0 Å². The van der Waals surface area contributed by atoms with Crippen molar-refractivity contribution in [2.45, 2.75) is 24.5 Å². The van der Waals surface area contributed by atoms with Gasteiger partial charge in [0.1, 0.15) is 16.4 Å². The molecule has 1 aliphatic rings. The van der Waals surface area contributed by atoms with Crippen LogP contribution < -0.4 is 10.5 Å². The molecule has 3 N–H and O–H groups in total. The van der Waals surface area contributed by atoms with E-state index in [0.717, 1.165) is 0 Å². The summed E-state index contributed by atoms with van der Waals surface area (Å²) in [5.41, 5.74) is 5.42. The quantitative estimate of drug-likeness (QED) is 0.774. The molecule has 2 heterocycles. The SMILES string of the molecule is Cc1oc(CN)cc1S(=O)(=O)NCC1COCCO1. The topological polar surface area (TPSA) is 104 Å². The minimum atomic E-state index is -3.61. The van der Waals surface area contributed by atoms with E-state index in [1.54, 1.807) is 6.92 Å². The molecule has 1 aromatic heterocycles. The lowest BCUT2D eigenvalue weighted by Gasteiger charge is -2.22. The van der Waals surface area contributed by atoms with E-state index in [1.165, 1.54) is 6.07 Å². The number of aryl methyl sites for hydroxylation is 1. The fourth-order valence-electron chi connectivity index (χ4n) is 1.83. The molecular weight excluding hydrogens is 272 g/mol. The molecule has 1 aromatic rings. The molecule has 108 valence electrons. The molecule has 7 nitrogen and oxygen atoms in total. The van der Waals surface area contributed by atoms with Crippen LogP contribution in [0.1, 0.15) is 11.5 Å². The van der Waals surface area contributed by atoms with Crippen LogP contribution in [-0.4, -0.2) is 40.9 Å². The normalized spacial score (nSPS) is 20.6. The van der Waals surface area contributed by atoms with Gasteiger partial charge >= 0.3 is 0 Å². The van der Waals surface area contributed by atoms with Gasteiger partial charge in [-0.2, -0.15) is 0 Å². The molecule has 1 saturated heterocycles. The van der Waals surface area contributed by atoms with Crippen LogP contribution in [0.3, 0.4) is 0 Å². The molecule has 19 heavy (non-hydrogen) atoms. The van der Waals surface area contributed by atoms with Gasteiger partial charge in [0, 0.05) is 12.6 Å². The lowest BCUT2D eigenvalue weighted by Crippen LogP contribution is -2.39. The van der Waals surface area contributed by atoms with E-state index < -0.39 is 10.0 Å². The number of rotatable bonds is 5. The summed E-state index contributed by atoms with van der Waals surface area (Å²) in [4.78, 5) is 0.115. The van der Waals surface area contributed by atoms with Crippen LogP contribution in [0.5, 0.6) is 0 Å². The molecular formula is C11H18N2O5S. The van der Waals surface area contributed by atoms with E-state index in [2.05, 4.69) is 4.72 Å². The van der Waals surface area contributed by atoms with E-state index in [0.29, 0.717) is 31.3 Å². The summed E-state index contributed by atoms with van der Waals surface area (Å²) < 4.78 is 42.5. The van der Waals surface area contributed by atoms with E-state index in [-0.39, 0.29) is 24.1 Å². The van der Waals surface area contributed by atoms with Crippen molar-refractivity contribution in [1.29, 1.82) is 0 Å². The Hall–Kier alpha value is -0.930. The molecule has 1 unspecified atom stereocenters. The highest BCUT2D eigenvalue weighted by atomic mass is 32.2. The largest absolute Gasteiger partial charge is 0.464 e. The number of nitrogens with two attached hydrogens (primary N) is 1. The maximum absolute atomic E-state index is 12.1. The van der Waals surface area contributed by atoms with E-state index >= 15 is 0 Å². The van der Waals surface area contributed by atoms with Gasteiger partial charge in [-0.25, -0.2) is 13.1 Å². The Morgan fingerprint density at radius 3 is 2.84 bits per heavy atom. The summed E-state index contributed by atoms with van der Waals surface area (Å²) in [6, 6.07) is 1.44. The first-order valence-electron chi connectivity index (χ1n) is 6.01. The van der Waals surface area contributed by atoms with Crippen molar-refractivity contribution < 1.29 is 22.3 Å². The number of hydrogen-bond donors (Lipinski definition) is 2. The molecule has 0 saturated carbocycles. The second-order valence-electron chi connectivity index (χ2n) is 4.26. The molecule has 2 rings (SSSR count). The van der Waals surface area contributed by atoms with Crippen molar-refractivity contribution in [3.63, 3.8) is 0 Å². The smallest absolute Gasteiger partial charge is 0.244 e. The molecule has 0 aliphatic carbocycles. The standard InChI is InChI=1S/C11H18N2O5S/c1-8-11(4-9(5-12)18-8)19(14,15)13-6-10-7-16-2-3-17-10/h4,10,13H,2-3,5-7,12H2,1H3. The van der Waals surface area contributed by atoms with Crippen molar-refractivity contribution >= 4 is 10.0 Å². The minimum Gasteiger partial charge on any atom is -0.464 e. The molecule has 0 radical (unpaired) electrons. The van der Waals surface area contributed by atoms with Crippen LogP contribution >= 0.6 is 0 Å². The van der Waals surface area contributed by atoms with Gasteiger partial charge < -0.3 is 19.6 Å². The summed E-state index contributed by atoms with van der Waals surface area (Å²) in [6.45, 7) is 3.34. The van der Waals surface area contributed by atoms with Gasteiger partial charge in [-0.1, -0.05) is 0 Å². The first kappa shape index (κ1) is 14.5. The Morgan fingerprint density at radius 2 is 2.26 bits per heavy atom. The fourth-order valence-corrected chi connectivity index (χ4v) is 3.09. The van der Waals surface area contributed by atoms with Gasteiger partial charge in [0.05, 0.1) is 32.5 Å². The Kier molecular flexibility index (Phi) is 4.58. The van der Waals surface area contributed by atoms with E-state index in [9.17, 15) is 8.42 Å². The summed E-state index contributed by atoms with van der Waals surface area (Å²) >= 11 is 0. The molecule has 8 heteroatoms. The molecule has 1 atom stereocenters. The van der Waals surface area contributed by atoms with Crippen LogP contribution in [0.2, 0.25) is 0 Å². The zero-order valence-electron chi connectivity index (χ0n) is 10.7. The second-order valence-corrected chi connectivity index (χ2v) is 5.99. The molecule has 0 aromatic carbocycles. The van der Waals surface area contributed by atoms with Crippen LogP contribution in [0.4, 0.5) is 0 Å². The average molecular weight is 290 g/mol. The Morgan fingerprint density at radius 1 is 1.47 bits per heavy atom. The molecule has 0 spiro atoms. The van der Waals surface area contributed by atoms with Crippen molar-refractivity contribution in [3.8, 4) is 0 Å². The van der Waals surface area contributed by atoms with Gasteiger partial charge in [0.25, 0.3) is 0 Å². The predicted octanol–water partition coefficient (Wildman–Crippen LogP) is -0.260. The summed E-state index contributed by atoms with van der Waals surface area (Å²) in [7, 11) is -3.61. The van der Waals surface area contributed by atoms with Crippen molar-refractivity contribution in [2.24, 2.45) is 5.73 Å². The Bertz CT molecular complexity index is 519. The zero-order valence-corrected chi connectivity index (χ0v) is 11.5. The van der Waals surface area contributed by atoms with Gasteiger partial charge in [0.2, 0.25) is 10.0 Å². The maximum atomic E-state index is 12.1. The first-order chi connectivity index (χ1) is 9.03. The Balaban J connectivity index is 2.02. The molecule has 1 fully saturated rings. The van der Waals surface area contributed by atoms with E-state index in [4.69, 9.17) is 19.6 Å². The van der Waals surface area contributed by atoms with Crippen LogP contribution in [0, 0.1) is 6.92 Å². The van der Waals surface area contributed by atoms with Crippen molar-refractivity contribution in [1.82, 2.24) is 4.72 Å². The third-order valence-electron chi connectivity index (χ3n) is 2.80. The minimum absolute atomic E-state index is 0.115. The summed E-state index contributed by atoms with van der Waals surface area (Å²) in [5.74, 6) is 0.767. The van der Waals surface area contributed by atoms with Crippen molar-refractivity contribution in [2.75, 3.05) is 26.4 Å². The third kappa shape index (κ3) is 3.54. The third-order valence-corrected chi connectivity index (χ3v) is 4.33. The van der Waals surface area contributed by atoms with Gasteiger partial charge in [-0.15, -0.1) is 0 Å². The second kappa shape index (κ2) is 6.02. The molecule has 0 bridgehead atoms. The average Bonchev–Trinajstić information content (AvgIpc) is 2.80. The van der Waals surface area contributed by atoms with E-state index in [1.807, 2.05) is 0 Å². The van der Waals surface area contributed by atoms with Crippen LogP contribution in [0.15, 0.2) is 15.4 Å². The number of ether oxygens (including phenoxy) is 2. The highest BCUT2D eigenvalue weighted by molar-refractivity contribution is 7.89. The number of nitrogens with one attached hydrogen (secondary N) is 1. The van der Waals surface area contributed by atoms with Crippen LogP contribution in [0.25, 0.3) is 0 Å². The summed E-state index contributed by atoms with van der Waals surface area (Å²) in [5, 5.41) is 0. The first-order valence-corrected chi connectivity index (χ1v) is 7.49. The number of hydrogen-bond acceptors (Lipinski definition) is 6. The Labute approximate surface area is 112 Å². The highest BCUT2D eigenvalue weighted by Crippen LogP contribution is 2.19. The predicted molar refractivity (Wildman–Crippen MR) is 67.1 cm³/mol. The fraction of sp³-hybridized carbons (Fsp3) is 0.636. The highest BCUT2D eigenvalue weighted by Gasteiger charge is 2.23. The zero-order chi connectivity index (χ0) is 13.9. The maximum Gasteiger partial charge on any atom is 0.244 e. The monoisotopic (exact) mass is 290 g/mol. The molecule has 0 amide bonds.